The molecule has 1 aliphatic heterocycles. The van der Waals surface area contributed by atoms with Gasteiger partial charge in [0, 0.05) is 36.9 Å². The lowest BCUT2D eigenvalue weighted by Crippen LogP contribution is -2.50. The number of halogens is 1. The lowest BCUT2D eigenvalue weighted by molar-refractivity contribution is 0.0330. The largest absolute Gasteiger partial charge is 0.488 e. The van der Waals surface area contributed by atoms with E-state index >= 15 is 0 Å². The normalized spacial score (nSPS) is 21.0. The Bertz CT molecular complexity index is 1120. The van der Waals surface area contributed by atoms with Gasteiger partial charge in [-0.25, -0.2) is 9.18 Å². The van der Waals surface area contributed by atoms with Gasteiger partial charge in [-0.2, -0.15) is 0 Å². The van der Waals surface area contributed by atoms with Crippen molar-refractivity contribution in [3.05, 3.63) is 53.8 Å². The van der Waals surface area contributed by atoms with Crippen LogP contribution in [-0.4, -0.2) is 72.3 Å². The summed E-state index contributed by atoms with van der Waals surface area (Å²) in [5.74, 6) is 0.569. The smallest absolute Gasteiger partial charge is 0.323 e. The second-order valence-corrected chi connectivity index (χ2v) is 11.1. The first-order chi connectivity index (χ1) is 18.7. The van der Waals surface area contributed by atoms with Crippen molar-refractivity contribution in [1.82, 2.24) is 9.80 Å². The first-order valence-electron chi connectivity index (χ1n) is 14.0. The summed E-state index contributed by atoms with van der Waals surface area (Å²) < 4.78 is 19.7. The molecule has 1 heterocycles. The number of aliphatic hydroxyl groups is 1. The van der Waals surface area contributed by atoms with Gasteiger partial charge in [0.05, 0.1) is 18.2 Å². The third-order valence-electron chi connectivity index (χ3n) is 7.81. The number of benzene rings is 2. The lowest BCUT2D eigenvalue weighted by Gasteiger charge is -2.38. The van der Waals surface area contributed by atoms with Gasteiger partial charge in [-0.05, 0) is 75.2 Å². The highest BCUT2D eigenvalue weighted by molar-refractivity contribution is 6.02. The maximum absolute atomic E-state index is 13.6. The fourth-order valence-electron chi connectivity index (χ4n) is 5.54. The van der Waals surface area contributed by atoms with Crippen molar-refractivity contribution >= 4 is 23.3 Å². The molecule has 2 aliphatic rings. The summed E-state index contributed by atoms with van der Waals surface area (Å²) in [6.07, 6.45) is 6.33. The van der Waals surface area contributed by atoms with Gasteiger partial charge in [0.25, 0.3) is 5.91 Å². The summed E-state index contributed by atoms with van der Waals surface area (Å²) in [5, 5.41) is 15.3. The van der Waals surface area contributed by atoms with Crippen molar-refractivity contribution in [2.24, 2.45) is 11.8 Å². The Kier molecular flexibility index (Phi) is 9.80. The van der Waals surface area contributed by atoms with Crippen molar-refractivity contribution < 1.29 is 23.8 Å². The summed E-state index contributed by atoms with van der Waals surface area (Å²) in [4.78, 5) is 30.2. The van der Waals surface area contributed by atoms with E-state index in [1.54, 1.807) is 23.1 Å². The van der Waals surface area contributed by atoms with Gasteiger partial charge >= 0.3 is 6.03 Å². The van der Waals surface area contributed by atoms with E-state index in [0.717, 1.165) is 13.1 Å². The highest BCUT2D eigenvalue weighted by Crippen LogP contribution is 2.31. The van der Waals surface area contributed by atoms with Crippen molar-refractivity contribution in [3.63, 3.8) is 0 Å². The second-order valence-electron chi connectivity index (χ2n) is 11.1. The number of aliphatic hydroxyl groups excluding tert-OH is 1. The van der Waals surface area contributed by atoms with E-state index in [9.17, 15) is 19.1 Å². The van der Waals surface area contributed by atoms with E-state index in [4.69, 9.17) is 4.74 Å². The standard InChI is InChI=1S/C30H41FN4O4/c1-20-16-35(21(2)19-36)29(37)26-15-25(33-30(38)32-24-11-9-23(31)10-12-24)13-14-27(26)39-28(20)18-34(3)17-22-7-5-4-6-8-22/h9-15,20-22,28,36H,4-8,16-19H2,1-3H3,(H2,32,33,38)/t20-,21-,28+/m1/s1. The van der Waals surface area contributed by atoms with Crippen molar-refractivity contribution in [2.45, 2.75) is 58.1 Å². The zero-order valence-electron chi connectivity index (χ0n) is 23.2. The molecule has 8 nitrogen and oxygen atoms in total. The number of urea groups is 1. The molecule has 0 radical (unpaired) electrons. The van der Waals surface area contributed by atoms with E-state index in [-0.39, 0.29) is 30.6 Å². The zero-order valence-corrected chi connectivity index (χ0v) is 23.2. The molecule has 0 bridgehead atoms. The first-order valence-corrected chi connectivity index (χ1v) is 14.0. The number of rotatable bonds is 8. The summed E-state index contributed by atoms with van der Waals surface area (Å²) in [7, 11) is 2.14. The van der Waals surface area contributed by atoms with E-state index < -0.39 is 11.8 Å². The average molecular weight is 541 g/mol. The van der Waals surface area contributed by atoms with Crippen LogP contribution in [0.3, 0.4) is 0 Å². The summed E-state index contributed by atoms with van der Waals surface area (Å²) in [6.45, 7) is 5.97. The van der Waals surface area contributed by atoms with Gasteiger partial charge in [-0.3, -0.25) is 4.79 Å². The van der Waals surface area contributed by atoms with E-state index in [1.807, 2.05) is 6.92 Å². The molecule has 4 rings (SSSR count). The summed E-state index contributed by atoms with van der Waals surface area (Å²) in [6, 6.07) is 9.59. The van der Waals surface area contributed by atoms with Gasteiger partial charge in [0.2, 0.25) is 0 Å². The number of carbonyl (C=O) groups is 2. The highest BCUT2D eigenvalue weighted by atomic mass is 19.1. The molecule has 2 aromatic rings. The molecule has 0 aromatic heterocycles. The molecular weight excluding hydrogens is 499 g/mol. The third-order valence-corrected chi connectivity index (χ3v) is 7.81. The maximum Gasteiger partial charge on any atom is 0.323 e. The first kappa shape index (κ1) is 28.8. The number of nitrogens with zero attached hydrogens (tertiary/aromatic N) is 2. The Hall–Kier alpha value is -3.17. The minimum Gasteiger partial charge on any atom is -0.488 e. The number of hydrogen-bond donors (Lipinski definition) is 3. The summed E-state index contributed by atoms with van der Waals surface area (Å²) >= 11 is 0. The minimum atomic E-state index is -0.516. The molecule has 3 N–H and O–H groups in total. The van der Waals surface area contributed by atoms with Crippen LogP contribution in [0.1, 0.15) is 56.3 Å². The molecule has 212 valence electrons. The molecule has 1 aliphatic carbocycles. The van der Waals surface area contributed by atoms with Crippen LogP contribution in [0.5, 0.6) is 5.75 Å². The Labute approximate surface area is 230 Å². The van der Waals surface area contributed by atoms with Crippen LogP contribution in [-0.2, 0) is 0 Å². The molecule has 0 saturated heterocycles. The third kappa shape index (κ3) is 7.70. The topological polar surface area (TPSA) is 94.1 Å². The molecule has 0 unspecified atom stereocenters. The Morgan fingerprint density at radius 2 is 1.77 bits per heavy atom. The predicted octanol–water partition coefficient (Wildman–Crippen LogP) is 5.20. The van der Waals surface area contributed by atoms with Crippen LogP contribution in [0.15, 0.2) is 42.5 Å². The van der Waals surface area contributed by atoms with Gasteiger partial charge in [-0.15, -0.1) is 0 Å². The van der Waals surface area contributed by atoms with Crippen LogP contribution in [0.25, 0.3) is 0 Å². The van der Waals surface area contributed by atoms with Crippen molar-refractivity contribution in [2.75, 3.05) is 43.9 Å². The van der Waals surface area contributed by atoms with E-state index in [0.29, 0.717) is 35.2 Å². The van der Waals surface area contributed by atoms with Crippen molar-refractivity contribution in [3.8, 4) is 5.75 Å². The maximum atomic E-state index is 13.6. The Balaban J connectivity index is 1.53. The number of likely N-dealkylation sites (N-methyl/N-ethyl adjacent to an activating group) is 1. The molecule has 9 heteroatoms. The fraction of sp³-hybridized carbons (Fsp3) is 0.533. The van der Waals surface area contributed by atoms with E-state index in [2.05, 4.69) is 29.5 Å². The van der Waals surface area contributed by atoms with Gasteiger partial charge in [-0.1, -0.05) is 26.2 Å². The van der Waals surface area contributed by atoms with Crippen LogP contribution in [0.4, 0.5) is 20.6 Å². The SMILES string of the molecule is C[C@@H]1CN([C@H](C)CO)C(=O)c2cc(NC(=O)Nc3ccc(F)cc3)ccc2O[C@H]1CN(C)CC1CCCCC1. The number of carbonyl (C=O) groups excluding carboxylic acids is 2. The number of amides is 3. The molecule has 3 atom stereocenters. The Morgan fingerprint density at radius 1 is 1.10 bits per heavy atom. The number of fused-ring (bicyclic) bond motifs is 1. The quantitative estimate of drug-likeness (QED) is 0.428. The van der Waals surface area contributed by atoms with Crippen molar-refractivity contribution in [1.29, 1.82) is 0 Å². The fourth-order valence-corrected chi connectivity index (χ4v) is 5.54. The molecule has 39 heavy (non-hydrogen) atoms. The van der Waals surface area contributed by atoms with E-state index in [1.165, 1.54) is 56.4 Å². The van der Waals surface area contributed by atoms with Gasteiger partial charge < -0.3 is 30.3 Å². The number of nitrogens with one attached hydrogen (secondary N) is 2. The van der Waals surface area contributed by atoms with Crippen LogP contribution < -0.4 is 15.4 Å². The molecule has 1 saturated carbocycles. The molecule has 0 spiro atoms. The number of ether oxygens (including phenoxy) is 1. The Morgan fingerprint density at radius 3 is 2.46 bits per heavy atom. The molecule has 3 amide bonds. The molecule has 2 aromatic carbocycles. The monoisotopic (exact) mass is 540 g/mol. The zero-order chi connectivity index (χ0) is 27.9. The molecular formula is C30H41FN4O4. The van der Waals surface area contributed by atoms with Crippen LogP contribution in [0, 0.1) is 17.7 Å². The summed E-state index contributed by atoms with van der Waals surface area (Å²) in [5.41, 5.74) is 1.19. The second kappa shape index (κ2) is 13.3. The van der Waals surface area contributed by atoms with Gasteiger partial charge in [0.1, 0.15) is 17.7 Å². The number of hydrogen-bond acceptors (Lipinski definition) is 5. The highest BCUT2D eigenvalue weighted by Gasteiger charge is 2.34. The average Bonchev–Trinajstić information content (AvgIpc) is 2.92. The van der Waals surface area contributed by atoms with Gasteiger partial charge in [0.15, 0.2) is 0 Å². The van der Waals surface area contributed by atoms with Crippen LogP contribution >= 0.6 is 0 Å². The van der Waals surface area contributed by atoms with Crippen LogP contribution in [0.2, 0.25) is 0 Å². The number of anilines is 2. The minimum absolute atomic E-state index is 0.0456. The lowest BCUT2D eigenvalue weighted by atomic mass is 9.89. The predicted molar refractivity (Wildman–Crippen MR) is 151 cm³/mol. The molecule has 1 fully saturated rings.